The number of amides is 2. The van der Waals surface area contributed by atoms with Gasteiger partial charge in [0.15, 0.2) is 0 Å². The molecule has 3 N–H and O–H groups in total. The van der Waals surface area contributed by atoms with Crippen LogP contribution in [-0.2, 0) is 9.59 Å². The van der Waals surface area contributed by atoms with Gasteiger partial charge in [-0.1, -0.05) is 0 Å². The van der Waals surface area contributed by atoms with Gasteiger partial charge >= 0.3 is 0 Å². The van der Waals surface area contributed by atoms with Gasteiger partial charge in [0.05, 0.1) is 6.54 Å². The van der Waals surface area contributed by atoms with Crippen molar-refractivity contribution >= 4 is 11.8 Å². The smallest absolute Gasteiger partial charge is 0.234 e. The molecule has 2 aliphatic rings. The molecule has 1 saturated heterocycles. The molecule has 0 unspecified atom stereocenters. The van der Waals surface area contributed by atoms with Crippen molar-refractivity contribution in [3.8, 4) is 0 Å². The second-order valence-electron chi connectivity index (χ2n) is 5.39. The summed E-state index contributed by atoms with van der Waals surface area (Å²) in [6.07, 6.45) is 3.53. The van der Waals surface area contributed by atoms with E-state index in [1.807, 2.05) is 4.90 Å². The highest BCUT2D eigenvalue weighted by atomic mass is 16.2. The summed E-state index contributed by atoms with van der Waals surface area (Å²) in [5.74, 6) is 0.304. The average Bonchev–Trinajstić information content (AvgIpc) is 3.20. The summed E-state index contributed by atoms with van der Waals surface area (Å²) in [5.41, 5.74) is 5.40. The zero-order chi connectivity index (χ0) is 13.7. The van der Waals surface area contributed by atoms with E-state index < -0.39 is 0 Å². The maximum Gasteiger partial charge on any atom is 0.234 e. The molecule has 0 aromatic carbocycles. The molecular formula is C13H24N4O2. The number of carbonyl (C=O) groups is 2. The first-order valence-corrected chi connectivity index (χ1v) is 7.18. The molecule has 0 aromatic heterocycles. The lowest BCUT2D eigenvalue weighted by Gasteiger charge is -2.34. The molecule has 0 spiro atoms. The van der Waals surface area contributed by atoms with E-state index in [1.165, 1.54) is 0 Å². The Balaban J connectivity index is 1.63. The number of hydrogen-bond acceptors (Lipinski definition) is 4. The molecule has 1 aliphatic heterocycles. The maximum atomic E-state index is 11.8. The quantitative estimate of drug-likeness (QED) is 0.657. The molecule has 2 amide bonds. The van der Waals surface area contributed by atoms with E-state index in [0.717, 1.165) is 45.4 Å². The Kier molecular flexibility index (Phi) is 5.15. The molecule has 0 radical (unpaired) electrons. The lowest BCUT2D eigenvalue weighted by Crippen LogP contribution is -2.51. The summed E-state index contributed by atoms with van der Waals surface area (Å²) >= 11 is 0. The minimum Gasteiger partial charge on any atom is -0.352 e. The SMILES string of the molecule is NCCCC(=O)N1CCN(CC(=O)NC2CC2)CC1. The zero-order valence-electron chi connectivity index (χ0n) is 11.4. The number of carbonyl (C=O) groups excluding carboxylic acids is 2. The molecule has 2 rings (SSSR count). The minimum absolute atomic E-state index is 0.116. The highest BCUT2D eigenvalue weighted by Gasteiger charge is 2.26. The number of piperazine rings is 1. The predicted octanol–water partition coefficient (Wildman–Crippen LogP) is -0.852. The van der Waals surface area contributed by atoms with Crippen LogP contribution in [0.3, 0.4) is 0 Å². The molecule has 1 saturated carbocycles. The van der Waals surface area contributed by atoms with Gasteiger partial charge in [0.25, 0.3) is 0 Å². The third-order valence-electron chi connectivity index (χ3n) is 3.63. The zero-order valence-corrected chi connectivity index (χ0v) is 11.4. The van der Waals surface area contributed by atoms with Gasteiger partial charge in [-0.05, 0) is 25.8 Å². The number of hydrogen-bond donors (Lipinski definition) is 2. The third-order valence-corrected chi connectivity index (χ3v) is 3.63. The van der Waals surface area contributed by atoms with Crippen LogP contribution in [-0.4, -0.2) is 66.9 Å². The van der Waals surface area contributed by atoms with Crippen molar-refractivity contribution in [2.75, 3.05) is 39.3 Å². The fourth-order valence-corrected chi connectivity index (χ4v) is 2.27. The lowest BCUT2D eigenvalue weighted by molar-refractivity contribution is -0.133. The molecule has 2 fully saturated rings. The average molecular weight is 268 g/mol. The van der Waals surface area contributed by atoms with Gasteiger partial charge in [-0.15, -0.1) is 0 Å². The number of nitrogens with zero attached hydrogens (tertiary/aromatic N) is 2. The number of rotatable bonds is 6. The largest absolute Gasteiger partial charge is 0.352 e. The van der Waals surface area contributed by atoms with E-state index in [-0.39, 0.29) is 11.8 Å². The molecule has 0 bridgehead atoms. The predicted molar refractivity (Wildman–Crippen MR) is 72.5 cm³/mol. The van der Waals surface area contributed by atoms with E-state index in [4.69, 9.17) is 5.73 Å². The first kappa shape index (κ1) is 14.3. The van der Waals surface area contributed by atoms with E-state index >= 15 is 0 Å². The Labute approximate surface area is 114 Å². The van der Waals surface area contributed by atoms with Crippen LogP contribution in [0, 0.1) is 0 Å². The van der Waals surface area contributed by atoms with Gasteiger partial charge < -0.3 is 16.0 Å². The topological polar surface area (TPSA) is 78.7 Å². The van der Waals surface area contributed by atoms with Crippen molar-refractivity contribution in [2.24, 2.45) is 5.73 Å². The van der Waals surface area contributed by atoms with Crippen molar-refractivity contribution in [2.45, 2.75) is 31.7 Å². The monoisotopic (exact) mass is 268 g/mol. The minimum atomic E-state index is 0.116. The van der Waals surface area contributed by atoms with Crippen LogP contribution in [0.25, 0.3) is 0 Å². The van der Waals surface area contributed by atoms with Gasteiger partial charge in [0.2, 0.25) is 11.8 Å². The van der Waals surface area contributed by atoms with Gasteiger partial charge in [-0.2, -0.15) is 0 Å². The van der Waals surface area contributed by atoms with E-state index in [2.05, 4.69) is 10.2 Å². The van der Waals surface area contributed by atoms with Crippen molar-refractivity contribution in [3.63, 3.8) is 0 Å². The number of nitrogens with one attached hydrogen (secondary N) is 1. The summed E-state index contributed by atoms with van der Waals surface area (Å²) in [7, 11) is 0. The molecular weight excluding hydrogens is 244 g/mol. The van der Waals surface area contributed by atoms with E-state index in [0.29, 0.717) is 25.6 Å². The Hall–Kier alpha value is -1.14. The molecule has 6 nitrogen and oxygen atoms in total. The van der Waals surface area contributed by atoms with Crippen LogP contribution in [0.15, 0.2) is 0 Å². The second kappa shape index (κ2) is 6.86. The van der Waals surface area contributed by atoms with Crippen LogP contribution >= 0.6 is 0 Å². The Morgan fingerprint density at radius 1 is 1.16 bits per heavy atom. The standard InChI is InChI=1S/C13H24N4O2/c14-5-1-2-13(19)17-8-6-16(7-9-17)10-12(18)15-11-3-4-11/h11H,1-10,14H2,(H,15,18). The normalized spacial score (nSPS) is 20.4. The third kappa shape index (κ3) is 4.80. The lowest BCUT2D eigenvalue weighted by atomic mass is 10.2. The second-order valence-corrected chi connectivity index (χ2v) is 5.39. The van der Waals surface area contributed by atoms with Gasteiger partial charge in [-0.25, -0.2) is 0 Å². The molecule has 6 heteroatoms. The Morgan fingerprint density at radius 3 is 2.42 bits per heavy atom. The van der Waals surface area contributed by atoms with Gasteiger partial charge in [-0.3, -0.25) is 14.5 Å². The van der Waals surface area contributed by atoms with Gasteiger partial charge in [0.1, 0.15) is 0 Å². The van der Waals surface area contributed by atoms with Crippen molar-refractivity contribution < 1.29 is 9.59 Å². The van der Waals surface area contributed by atoms with Gasteiger partial charge in [0, 0.05) is 38.6 Å². The molecule has 19 heavy (non-hydrogen) atoms. The summed E-state index contributed by atoms with van der Waals surface area (Å²) in [6, 6.07) is 0.423. The van der Waals surface area contributed by atoms with E-state index in [9.17, 15) is 9.59 Å². The van der Waals surface area contributed by atoms with Crippen molar-refractivity contribution in [3.05, 3.63) is 0 Å². The fraction of sp³-hybridized carbons (Fsp3) is 0.846. The molecule has 108 valence electrons. The molecule has 1 aliphatic carbocycles. The Bertz CT molecular complexity index is 323. The summed E-state index contributed by atoms with van der Waals surface area (Å²) in [6.45, 7) is 4.04. The van der Waals surface area contributed by atoms with Crippen LogP contribution < -0.4 is 11.1 Å². The first-order chi connectivity index (χ1) is 9.19. The summed E-state index contributed by atoms with van der Waals surface area (Å²) in [4.78, 5) is 27.5. The highest BCUT2D eigenvalue weighted by Crippen LogP contribution is 2.18. The van der Waals surface area contributed by atoms with E-state index in [1.54, 1.807) is 0 Å². The molecule has 1 heterocycles. The van der Waals surface area contributed by atoms with Crippen LogP contribution in [0.5, 0.6) is 0 Å². The van der Waals surface area contributed by atoms with Crippen LogP contribution in [0.4, 0.5) is 0 Å². The van der Waals surface area contributed by atoms with Crippen molar-refractivity contribution in [1.82, 2.24) is 15.1 Å². The first-order valence-electron chi connectivity index (χ1n) is 7.18. The van der Waals surface area contributed by atoms with Crippen LogP contribution in [0.2, 0.25) is 0 Å². The van der Waals surface area contributed by atoms with Crippen molar-refractivity contribution in [1.29, 1.82) is 0 Å². The van der Waals surface area contributed by atoms with Crippen LogP contribution in [0.1, 0.15) is 25.7 Å². The molecule has 0 atom stereocenters. The summed E-state index contributed by atoms with van der Waals surface area (Å²) in [5, 5.41) is 2.99. The maximum absolute atomic E-state index is 11.8. The highest BCUT2D eigenvalue weighted by molar-refractivity contribution is 5.79. The fourth-order valence-electron chi connectivity index (χ4n) is 2.27. The Morgan fingerprint density at radius 2 is 1.84 bits per heavy atom. The summed E-state index contributed by atoms with van der Waals surface area (Å²) < 4.78 is 0. The number of nitrogens with two attached hydrogens (primary N) is 1. The molecule has 0 aromatic rings.